The van der Waals surface area contributed by atoms with E-state index in [4.69, 9.17) is 5.73 Å². The SMILES string of the molecule is CCCC[C@H](N)C(=O)NC(C)(C)c1nccs1. The second-order valence-corrected chi connectivity index (χ2v) is 5.59. The summed E-state index contributed by atoms with van der Waals surface area (Å²) in [6, 6.07) is -0.422. The van der Waals surface area contributed by atoms with E-state index in [9.17, 15) is 4.79 Å². The van der Waals surface area contributed by atoms with Crippen LogP contribution < -0.4 is 11.1 Å². The summed E-state index contributed by atoms with van der Waals surface area (Å²) in [4.78, 5) is 16.1. The third-order valence-electron chi connectivity index (χ3n) is 2.61. The number of carbonyl (C=O) groups excluding carboxylic acids is 1. The lowest BCUT2D eigenvalue weighted by Crippen LogP contribution is -2.48. The van der Waals surface area contributed by atoms with Gasteiger partial charge in [-0.15, -0.1) is 11.3 Å². The molecule has 1 aromatic rings. The third kappa shape index (κ3) is 4.09. The number of thiazole rings is 1. The molecule has 0 saturated heterocycles. The lowest BCUT2D eigenvalue weighted by molar-refractivity contribution is -0.124. The Morgan fingerprint density at radius 2 is 2.35 bits per heavy atom. The van der Waals surface area contributed by atoms with Crippen LogP contribution in [0.25, 0.3) is 0 Å². The van der Waals surface area contributed by atoms with Gasteiger partial charge in [-0.3, -0.25) is 4.79 Å². The first-order valence-electron chi connectivity index (χ1n) is 5.95. The molecule has 0 aliphatic rings. The largest absolute Gasteiger partial charge is 0.343 e. The molecule has 0 saturated carbocycles. The standard InChI is InChI=1S/C12H21N3OS/c1-4-5-6-9(13)10(16)15-12(2,3)11-14-7-8-17-11/h7-9H,4-6,13H2,1-3H3,(H,15,16)/t9-/m0/s1. The topological polar surface area (TPSA) is 68.0 Å². The molecule has 3 N–H and O–H groups in total. The molecule has 0 fully saturated rings. The summed E-state index contributed by atoms with van der Waals surface area (Å²) < 4.78 is 0. The number of nitrogens with zero attached hydrogens (tertiary/aromatic N) is 1. The number of unbranched alkanes of at least 4 members (excludes halogenated alkanes) is 1. The van der Waals surface area contributed by atoms with E-state index in [-0.39, 0.29) is 5.91 Å². The van der Waals surface area contributed by atoms with E-state index < -0.39 is 11.6 Å². The molecule has 1 aromatic heterocycles. The molecule has 1 heterocycles. The maximum absolute atomic E-state index is 11.9. The number of carbonyl (C=O) groups is 1. The third-order valence-corrected chi connectivity index (χ3v) is 3.70. The molecular weight excluding hydrogens is 234 g/mol. The van der Waals surface area contributed by atoms with E-state index in [0.717, 1.165) is 24.3 Å². The van der Waals surface area contributed by atoms with Gasteiger partial charge in [0.2, 0.25) is 5.91 Å². The summed E-state index contributed by atoms with van der Waals surface area (Å²) in [7, 11) is 0. The zero-order valence-electron chi connectivity index (χ0n) is 10.7. The summed E-state index contributed by atoms with van der Waals surface area (Å²) in [6.07, 6.45) is 4.50. The number of nitrogens with two attached hydrogens (primary N) is 1. The van der Waals surface area contributed by atoms with Gasteiger partial charge in [0.15, 0.2) is 0 Å². The van der Waals surface area contributed by atoms with E-state index >= 15 is 0 Å². The van der Waals surface area contributed by atoms with Gasteiger partial charge in [0.1, 0.15) is 5.01 Å². The molecule has 0 aromatic carbocycles. The van der Waals surface area contributed by atoms with Crippen molar-refractivity contribution in [3.63, 3.8) is 0 Å². The molecule has 1 rings (SSSR count). The maximum Gasteiger partial charge on any atom is 0.237 e. The van der Waals surface area contributed by atoms with Gasteiger partial charge in [0.05, 0.1) is 11.6 Å². The van der Waals surface area contributed by atoms with Crippen LogP contribution >= 0.6 is 11.3 Å². The van der Waals surface area contributed by atoms with Crippen molar-refractivity contribution in [1.29, 1.82) is 0 Å². The minimum absolute atomic E-state index is 0.0985. The molecule has 0 aliphatic heterocycles. The zero-order chi connectivity index (χ0) is 12.9. The van der Waals surface area contributed by atoms with E-state index in [1.165, 1.54) is 11.3 Å². The summed E-state index contributed by atoms with van der Waals surface area (Å²) in [5, 5.41) is 5.75. The monoisotopic (exact) mass is 255 g/mol. The molecule has 17 heavy (non-hydrogen) atoms. The predicted molar refractivity (Wildman–Crippen MR) is 70.8 cm³/mol. The fraction of sp³-hybridized carbons (Fsp3) is 0.667. The van der Waals surface area contributed by atoms with Gasteiger partial charge in [-0.25, -0.2) is 4.98 Å². The first kappa shape index (κ1) is 14.1. The lowest BCUT2D eigenvalue weighted by atomic mass is 10.0. The highest BCUT2D eigenvalue weighted by Gasteiger charge is 2.27. The van der Waals surface area contributed by atoms with Crippen LogP contribution in [0.2, 0.25) is 0 Å². The first-order valence-corrected chi connectivity index (χ1v) is 6.83. The molecule has 0 spiro atoms. The number of hydrogen-bond acceptors (Lipinski definition) is 4. The number of aromatic nitrogens is 1. The van der Waals surface area contributed by atoms with Crippen molar-refractivity contribution in [1.82, 2.24) is 10.3 Å². The number of hydrogen-bond donors (Lipinski definition) is 2. The quantitative estimate of drug-likeness (QED) is 0.817. The van der Waals surface area contributed by atoms with Crippen molar-refractivity contribution in [2.75, 3.05) is 0 Å². The second-order valence-electron chi connectivity index (χ2n) is 4.70. The summed E-state index contributed by atoms with van der Waals surface area (Å²) >= 11 is 1.53. The second kappa shape index (κ2) is 6.12. The number of amides is 1. The summed E-state index contributed by atoms with van der Waals surface area (Å²) in [5.41, 5.74) is 5.39. The van der Waals surface area contributed by atoms with Crippen molar-refractivity contribution in [2.24, 2.45) is 5.73 Å². The average molecular weight is 255 g/mol. The first-order chi connectivity index (χ1) is 7.97. The molecule has 0 unspecified atom stereocenters. The maximum atomic E-state index is 11.9. The fourth-order valence-electron chi connectivity index (χ4n) is 1.54. The Kier molecular flexibility index (Phi) is 5.08. The van der Waals surface area contributed by atoms with E-state index in [1.807, 2.05) is 19.2 Å². The fourth-order valence-corrected chi connectivity index (χ4v) is 2.26. The highest BCUT2D eigenvalue weighted by molar-refractivity contribution is 7.09. The van der Waals surface area contributed by atoms with Crippen molar-refractivity contribution in [3.05, 3.63) is 16.6 Å². The van der Waals surface area contributed by atoms with Crippen molar-refractivity contribution < 1.29 is 4.79 Å². The summed E-state index contributed by atoms with van der Waals surface area (Å²) in [5.74, 6) is -0.0985. The van der Waals surface area contributed by atoms with Crippen molar-refractivity contribution >= 4 is 17.2 Å². The molecule has 0 bridgehead atoms. The van der Waals surface area contributed by atoms with Gasteiger partial charge in [0.25, 0.3) is 0 Å². The van der Waals surface area contributed by atoms with Gasteiger partial charge >= 0.3 is 0 Å². The Morgan fingerprint density at radius 3 is 2.88 bits per heavy atom. The Labute approximate surface area is 107 Å². The molecule has 1 atom stereocenters. The Morgan fingerprint density at radius 1 is 1.65 bits per heavy atom. The van der Waals surface area contributed by atoms with Gasteiger partial charge in [0, 0.05) is 11.6 Å². The Balaban J connectivity index is 2.55. The van der Waals surface area contributed by atoms with Gasteiger partial charge < -0.3 is 11.1 Å². The van der Waals surface area contributed by atoms with Crippen LogP contribution in [0.3, 0.4) is 0 Å². The van der Waals surface area contributed by atoms with Crippen LogP contribution in [-0.2, 0) is 10.3 Å². The van der Waals surface area contributed by atoms with Crippen LogP contribution in [0.4, 0.5) is 0 Å². The molecule has 0 aliphatic carbocycles. The molecule has 96 valence electrons. The van der Waals surface area contributed by atoms with Crippen LogP contribution in [0, 0.1) is 0 Å². The number of nitrogens with one attached hydrogen (secondary N) is 1. The molecule has 5 heteroatoms. The lowest BCUT2D eigenvalue weighted by Gasteiger charge is -2.25. The average Bonchev–Trinajstić information content (AvgIpc) is 2.79. The molecular formula is C12H21N3OS. The highest BCUT2D eigenvalue weighted by atomic mass is 32.1. The normalized spacial score (nSPS) is 13.4. The molecule has 4 nitrogen and oxygen atoms in total. The van der Waals surface area contributed by atoms with E-state index in [2.05, 4.69) is 17.2 Å². The molecule has 0 radical (unpaired) electrons. The number of rotatable bonds is 6. The van der Waals surface area contributed by atoms with Gasteiger partial charge in [-0.2, -0.15) is 0 Å². The van der Waals surface area contributed by atoms with Crippen LogP contribution in [0.1, 0.15) is 45.0 Å². The van der Waals surface area contributed by atoms with E-state index in [0.29, 0.717) is 0 Å². The summed E-state index contributed by atoms with van der Waals surface area (Å²) in [6.45, 7) is 5.97. The van der Waals surface area contributed by atoms with Crippen LogP contribution in [0.15, 0.2) is 11.6 Å². The zero-order valence-corrected chi connectivity index (χ0v) is 11.5. The van der Waals surface area contributed by atoms with Crippen molar-refractivity contribution in [3.8, 4) is 0 Å². The van der Waals surface area contributed by atoms with Crippen LogP contribution in [-0.4, -0.2) is 16.9 Å². The smallest absolute Gasteiger partial charge is 0.237 e. The van der Waals surface area contributed by atoms with Crippen LogP contribution in [0.5, 0.6) is 0 Å². The Bertz CT molecular complexity index is 349. The minimum Gasteiger partial charge on any atom is -0.343 e. The molecule has 1 amide bonds. The predicted octanol–water partition coefficient (Wildman–Crippen LogP) is 2.01. The highest BCUT2D eigenvalue weighted by Crippen LogP contribution is 2.22. The van der Waals surface area contributed by atoms with Crippen molar-refractivity contribution in [2.45, 2.75) is 51.6 Å². The minimum atomic E-state index is -0.449. The van der Waals surface area contributed by atoms with E-state index in [1.54, 1.807) is 6.20 Å². The van der Waals surface area contributed by atoms with Gasteiger partial charge in [-0.05, 0) is 20.3 Å². The Hall–Kier alpha value is -0.940. The van der Waals surface area contributed by atoms with Gasteiger partial charge in [-0.1, -0.05) is 19.8 Å².